The molecule has 0 bridgehead atoms. The van der Waals surface area contributed by atoms with Gasteiger partial charge in [0.25, 0.3) is 0 Å². The normalized spacial score (nSPS) is 12.8. The van der Waals surface area contributed by atoms with Crippen molar-refractivity contribution in [3.8, 4) is 0 Å². The van der Waals surface area contributed by atoms with Gasteiger partial charge < -0.3 is 14.9 Å². The van der Waals surface area contributed by atoms with Crippen LogP contribution in [0.5, 0.6) is 0 Å². The van der Waals surface area contributed by atoms with Crippen molar-refractivity contribution in [2.75, 3.05) is 0 Å². The molecule has 2 heterocycles. The average molecular weight is 246 g/mol. The molecule has 0 aliphatic rings. The number of rotatable bonds is 6. The van der Waals surface area contributed by atoms with E-state index in [1.54, 1.807) is 0 Å². The van der Waals surface area contributed by atoms with E-state index in [0.717, 1.165) is 31.6 Å². The van der Waals surface area contributed by atoms with Crippen molar-refractivity contribution in [2.24, 2.45) is 12.8 Å². The van der Waals surface area contributed by atoms with Crippen molar-refractivity contribution < 1.29 is 0 Å². The molecule has 0 saturated carbocycles. The zero-order chi connectivity index (χ0) is 13.0. The van der Waals surface area contributed by atoms with Crippen molar-refractivity contribution in [3.05, 3.63) is 42.2 Å². The second-order valence-electron chi connectivity index (χ2n) is 4.83. The third kappa shape index (κ3) is 3.23. The minimum atomic E-state index is 0.274. The molecule has 2 aromatic heterocycles. The van der Waals surface area contributed by atoms with Crippen LogP contribution in [0.15, 0.2) is 30.9 Å². The number of hydrogen-bond acceptors (Lipinski definition) is 2. The Balaban J connectivity index is 1.89. The molecule has 2 N–H and O–H groups in total. The molecule has 0 aliphatic carbocycles. The lowest BCUT2D eigenvalue weighted by molar-refractivity contribution is 0.635. The van der Waals surface area contributed by atoms with E-state index in [2.05, 4.69) is 39.5 Å². The SMILES string of the molecule is CCC(N)Cc1ccn(CCc2nccn2C)c1. The van der Waals surface area contributed by atoms with Gasteiger partial charge in [-0.25, -0.2) is 4.98 Å². The van der Waals surface area contributed by atoms with Crippen LogP contribution < -0.4 is 5.73 Å². The molecule has 4 heteroatoms. The lowest BCUT2D eigenvalue weighted by Crippen LogP contribution is -2.21. The third-order valence-corrected chi connectivity index (χ3v) is 3.35. The van der Waals surface area contributed by atoms with Gasteiger partial charge in [0.05, 0.1) is 0 Å². The van der Waals surface area contributed by atoms with E-state index in [1.165, 1.54) is 5.56 Å². The fraction of sp³-hybridized carbons (Fsp3) is 0.500. The Labute approximate surface area is 108 Å². The molecule has 2 rings (SSSR count). The number of nitrogens with two attached hydrogens (primary N) is 1. The first-order chi connectivity index (χ1) is 8.69. The maximum atomic E-state index is 5.96. The Morgan fingerprint density at radius 1 is 1.39 bits per heavy atom. The van der Waals surface area contributed by atoms with Crippen LogP contribution in [0.2, 0.25) is 0 Å². The van der Waals surface area contributed by atoms with Gasteiger partial charge in [0.15, 0.2) is 0 Å². The maximum Gasteiger partial charge on any atom is 0.110 e. The number of nitrogens with zero attached hydrogens (tertiary/aromatic N) is 3. The quantitative estimate of drug-likeness (QED) is 0.844. The third-order valence-electron chi connectivity index (χ3n) is 3.35. The molecule has 0 spiro atoms. The number of imidazole rings is 1. The largest absolute Gasteiger partial charge is 0.354 e. The first-order valence-corrected chi connectivity index (χ1v) is 6.55. The van der Waals surface area contributed by atoms with E-state index < -0.39 is 0 Å². The molecular weight excluding hydrogens is 224 g/mol. The summed E-state index contributed by atoms with van der Waals surface area (Å²) in [5, 5.41) is 0. The monoisotopic (exact) mass is 246 g/mol. The predicted octanol–water partition coefficient (Wildman–Crippen LogP) is 1.74. The van der Waals surface area contributed by atoms with Gasteiger partial charge in [-0.3, -0.25) is 0 Å². The summed E-state index contributed by atoms with van der Waals surface area (Å²) < 4.78 is 4.28. The summed E-state index contributed by atoms with van der Waals surface area (Å²) in [6.45, 7) is 3.09. The van der Waals surface area contributed by atoms with E-state index in [4.69, 9.17) is 5.73 Å². The first kappa shape index (κ1) is 12.9. The summed E-state index contributed by atoms with van der Waals surface area (Å²) in [5.74, 6) is 1.12. The molecule has 4 nitrogen and oxygen atoms in total. The topological polar surface area (TPSA) is 48.8 Å². The smallest absolute Gasteiger partial charge is 0.110 e. The fourth-order valence-electron chi connectivity index (χ4n) is 2.06. The van der Waals surface area contributed by atoms with Crippen molar-refractivity contribution in [2.45, 2.75) is 38.8 Å². The van der Waals surface area contributed by atoms with Gasteiger partial charge >= 0.3 is 0 Å². The average Bonchev–Trinajstić information content (AvgIpc) is 2.96. The number of aryl methyl sites for hydroxylation is 3. The van der Waals surface area contributed by atoms with Crippen molar-refractivity contribution in [1.82, 2.24) is 14.1 Å². The van der Waals surface area contributed by atoms with Gasteiger partial charge in [-0.2, -0.15) is 0 Å². The van der Waals surface area contributed by atoms with E-state index in [1.807, 2.05) is 19.4 Å². The molecule has 98 valence electrons. The Kier molecular flexibility index (Phi) is 4.20. The highest BCUT2D eigenvalue weighted by Crippen LogP contribution is 2.07. The lowest BCUT2D eigenvalue weighted by Gasteiger charge is -2.06. The van der Waals surface area contributed by atoms with Crippen LogP contribution in [0.4, 0.5) is 0 Å². The minimum Gasteiger partial charge on any atom is -0.354 e. The fourth-order valence-corrected chi connectivity index (χ4v) is 2.06. The van der Waals surface area contributed by atoms with Gasteiger partial charge in [-0.15, -0.1) is 0 Å². The van der Waals surface area contributed by atoms with Gasteiger partial charge in [0.2, 0.25) is 0 Å². The minimum absolute atomic E-state index is 0.274. The van der Waals surface area contributed by atoms with Crippen LogP contribution in [0.3, 0.4) is 0 Å². The molecule has 0 fully saturated rings. The van der Waals surface area contributed by atoms with E-state index in [9.17, 15) is 0 Å². The zero-order valence-corrected chi connectivity index (χ0v) is 11.2. The lowest BCUT2D eigenvalue weighted by atomic mass is 10.1. The predicted molar refractivity (Wildman–Crippen MR) is 73.3 cm³/mol. The number of hydrogen-bond donors (Lipinski definition) is 1. The van der Waals surface area contributed by atoms with Crippen LogP contribution in [0, 0.1) is 0 Å². The van der Waals surface area contributed by atoms with Crippen LogP contribution in [-0.4, -0.2) is 20.2 Å². The molecule has 0 aliphatic heterocycles. The molecule has 18 heavy (non-hydrogen) atoms. The summed E-state index contributed by atoms with van der Waals surface area (Å²) in [6.07, 6.45) is 11.1. The second-order valence-corrected chi connectivity index (χ2v) is 4.83. The summed E-state index contributed by atoms with van der Waals surface area (Å²) in [5.41, 5.74) is 7.29. The first-order valence-electron chi connectivity index (χ1n) is 6.55. The molecule has 1 unspecified atom stereocenters. The van der Waals surface area contributed by atoms with Crippen LogP contribution in [0.25, 0.3) is 0 Å². The molecule has 2 aromatic rings. The van der Waals surface area contributed by atoms with Crippen LogP contribution in [0.1, 0.15) is 24.7 Å². The second kappa shape index (κ2) is 5.87. The van der Waals surface area contributed by atoms with Crippen molar-refractivity contribution in [3.63, 3.8) is 0 Å². The summed E-state index contributed by atoms with van der Waals surface area (Å²) in [6, 6.07) is 2.43. The Hall–Kier alpha value is -1.55. The van der Waals surface area contributed by atoms with Crippen LogP contribution >= 0.6 is 0 Å². The summed E-state index contributed by atoms with van der Waals surface area (Å²) in [4.78, 5) is 4.33. The van der Waals surface area contributed by atoms with Crippen molar-refractivity contribution in [1.29, 1.82) is 0 Å². The molecular formula is C14H22N4. The van der Waals surface area contributed by atoms with E-state index in [0.29, 0.717) is 0 Å². The van der Waals surface area contributed by atoms with E-state index in [-0.39, 0.29) is 6.04 Å². The van der Waals surface area contributed by atoms with Gasteiger partial charge in [0.1, 0.15) is 5.82 Å². The van der Waals surface area contributed by atoms with Crippen molar-refractivity contribution >= 4 is 0 Å². The highest BCUT2D eigenvalue weighted by molar-refractivity contribution is 5.12. The molecule has 0 aromatic carbocycles. The highest BCUT2D eigenvalue weighted by atomic mass is 15.0. The molecule has 1 atom stereocenters. The highest BCUT2D eigenvalue weighted by Gasteiger charge is 2.04. The number of aromatic nitrogens is 3. The van der Waals surface area contributed by atoms with E-state index >= 15 is 0 Å². The Bertz CT molecular complexity index is 483. The zero-order valence-electron chi connectivity index (χ0n) is 11.2. The maximum absolute atomic E-state index is 5.96. The molecule has 0 radical (unpaired) electrons. The Morgan fingerprint density at radius 3 is 2.89 bits per heavy atom. The van der Waals surface area contributed by atoms with Gasteiger partial charge in [-0.05, 0) is 24.5 Å². The van der Waals surface area contributed by atoms with Gasteiger partial charge in [-0.1, -0.05) is 6.92 Å². The van der Waals surface area contributed by atoms with Crippen LogP contribution in [-0.2, 0) is 26.4 Å². The molecule has 0 saturated heterocycles. The summed E-state index contributed by atoms with van der Waals surface area (Å²) in [7, 11) is 2.03. The molecule has 0 amide bonds. The summed E-state index contributed by atoms with van der Waals surface area (Å²) >= 11 is 0. The standard InChI is InChI=1S/C14H22N4/c1-3-13(15)10-12-4-7-18(11-12)8-5-14-16-6-9-17(14)2/h4,6-7,9,11,13H,3,5,8,10,15H2,1-2H3. The van der Waals surface area contributed by atoms with Gasteiger partial charge in [0, 0.05) is 50.8 Å². The Morgan fingerprint density at radius 2 is 2.22 bits per heavy atom.